The van der Waals surface area contributed by atoms with Crippen LogP contribution in [-0.2, 0) is 20.0 Å². The highest BCUT2D eigenvalue weighted by molar-refractivity contribution is 7.84. The van der Waals surface area contributed by atoms with Crippen LogP contribution in [0.25, 0.3) is 0 Å². The van der Waals surface area contributed by atoms with Crippen molar-refractivity contribution in [3.8, 4) is 0 Å². The molecule has 0 bridgehead atoms. The molecular formula is C4H8F2NO3PS. The molecule has 0 amide bonds. The van der Waals surface area contributed by atoms with E-state index in [9.17, 15) is 17.2 Å². The molecule has 0 saturated carbocycles. The molecule has 8 heteroatoms. The van der Waals surface area contributed by atoms with Crippen LogP contribution in [0.15, 0.2) is 0 Å². The third kappa shape index (κ3) is 2.58. The summed E-state index contributed by atoms with van der Waals surface area (Å²) in [7, 11) is -5.42. The third-order valence-corrected chi connectivity index (χ3v) is 3.94. The van der Waals surface area contributed by atoms with E-state index in [-0.39, 0.29) is 17.2 Å². The Bertz CT molecular complexity index is 232. The molecule has 1 unspecified atom stereocenters. The minimum Gasteiger partial charge on any atom is -0.278 e. The van der Waals surface area contributed by atoms with Crippen molar-refractivity contribution in [1.82, 2.24) is 4.08 Å². The molecule has 1 saturated heterocycles. The standard InChI is InChI=1S/C4H8F2NO3PS/c5-11(6,8)7-3-1-2-4-10-12(7)9/h1-4H2. The summed E-state index contributed by atoms with van der Waals surface area (Å²) in [5.74, 6) is 0. The van der Waals surface area contributed by atoms with Crippen LogP contribution in [0.4, 0.5) is 8.39 Å². The first kappa shape index (κ1) is 10.2. The second-order valence-corrected chi connectivity index (χ2v) is 4.99. The summed E-state index contributed by atoms with van der Waals surface area (Å²) >= 11 is -2.24. The zero-order valence-corrected chi connectivity index (χ0v) is 7.82. The Morgan fingerprint density at radius 1 is 1.42 bits per heavy atom. The van der Waals surface area contributed by atoms with Crippen molar-refractivity contribution in [1.29, 1.82) is 0 Å². The highest BCUT2D eigenvalue weighted by Crippen LogP contribution is 2.54. The summed E-state index contributed by atoms with van der Waals surface area (Å²) in [4.78, 5) is 0. The topological polar surface area (TPSA) is 46.6 Å². The van der Waals surface area contributed by atoms with Crippen molar-refractivity contribution < 1.29 is 21.4 Å². The van der Waals surface area contributed by atoms with Crippen LogP contribution in [0.5, 0.6) is 0 Å². The molecule has 12 heavy (non-hydrogen) atoms. The molecule has 0 aromatic rings. The van der Waals surface area contributed by atoms with Gasteiger partial charge in [0.1, 0.15) is 0 Å². The summed E-state index contributed by atoms with van der Waals surface area (Å²) in [5, 5.41) is 0. The van der Waals surface area contributed by atoms with Gasteiger partial charge in [0.2, 0.25) is 11.3 Å². The summed E-state index contributed by atoms with van der Waals surface area (Å²) in [6.45, 7) is 0.0278. The molecular weight excluding hydrogens is 211 g/mol. The van der Waals surface area contributed by atoms with Gasteiger partial charge in [-0.05, 0) is 12.8 Å². The largest absolute Gasteiger partial charge is 0.496 e. The quantitative estimate of drug-likeness (QED) is 0.631. The Balaban J connectivity index is 2.73. The fraction of sp³-hybridized carbons (Fsp3) is 1.00. The fourth-order valence-electron chi connectivity index (χ4n) is 0.809. The van der Waals surface area contributed by atoms with E-state index in [2.05, 4.69) is 4.18 Å². The summed E-state index contributed by atoms with van der Waals surface area (Å²) in [5.41, 5.74) is 0. The summed E-state index contributed by atoms with van der Waals surface area (Å²) in [6.07, 6.45) is 0.978. The van der Waals surface area contributed by atoms with Crippen LogP contribution >= 0.6 is 7.91 Å². The van der Waals surface area contributed by atoms with Gasteiger partial charge in [-0.2, -0.15) is 0 Å². The Labute approximate surface area is 71.3 Å². The van der Waals surface area contributed by atoms with E-state index in [1.807, 2.05) is 0 Å². The maximum Gasteiger partial charge on any atom is 0.496 e. The van der Waals surface area contributed by atoms with Crippen molar-refractivity contribution in [2.24, 2.45) is 0 Å². The van der Waals surface area contributed by atoms with Crippen LogP contribution in [0.1, 0.15) is 12.8 Å². The highest BCUT2D eigenvalue weighted by Gasteiger charge is 2.36. The molecule has 1 aliphatic heterocycles. The molecule has 72 valence electrons. The second kappa shape index (κ2) is 3.91. The molecule has 0 radical (unpaired) electrons. The normalized spacial score (nSPS) is 28.3. The van der Waals surface area contributed by atoms with E-state index >= 15 is 0 Å². The van der Waals surface area contributed by atoms with Gasteiger partial charge in [-0.25, -0.2) is 8.77 Å². The summed E-state index contributed by atoms with van der Waals surface area (Å²) in [6, 6.07) is 0. The van der Waals surface area contributed by atoms with Gasteiger partial charge in [0.05, 0.1) is 6.61 Å². The van der Waals surface area contributed by atoms with Crippen molar-refractivity contribution in [2.45, 2.75) is 12.8 Å². The first-order chi connectivity index (χ1) is 5.52. The molecule has 0 spiro atoms. The molecule has 4 nitrogen and oxygen atoms in total. The third-order valence-electron chi connectivity index (χ3n) is 1.36. The lowest BCUT2D eigenvalue weighted by molar-refractivity contribution is 0.338. The average Bonchev–Trinajstić information content (AvgIpc) is 2.11. The van der Waals surface area contributed by atoms with Gasteiger partial charge >= 0.3 is 7.91 Å². The summed E-state index contributed by atoms with van der Waals surface area (Å²) < 4.78 is 50.2. The van der Waals surface area contributed by atoms with E-state index in [1.165, 1.54) is 0 Å². The van der Waals surface area contributed by atoms with E-state index in [1.54, 1.807) is 0 Å². The van der Waals surface area contributed by atoms with Crippen molar-refractivity contribution >= 4 is 19.2 Å². The minimum atomic E-state index is -5.42. The van der Waals surface area contributed by atoms with E-state index in [4.69, 9.17) is 0 Å². The van der Waals surface area contributed by atoms with Crippen LogP contribution in [0.2, 0.25) is 0 Å². The maximum atomic E-state index is 12.2. The van der Waals surface area contributed by atoms with E-state index in [0.29, 0.717) is 12.8 Å². The van der Waals surface area contributed by atoms with Gasteiger partial charge in [-0.1, -0.05) is 4.08 Å². The van der Waals surface area contributed by atoms with Crippen LogP contribution in [0.3, 0.4) is 0 Å². The lowest BCUT2D eigenvalue weighted by atomic mass is 10.3. The highest BCUT2D eigenvalue weighted by atomic mass is 32.2. The molecule has 1 rings (SSSR count). The predicted molar refractivity (Wildman–Crippen MR) is 39.9 cm³/mol. The number of rotatable bonds is 1. The predicted octanol–water partition coefficient (Wildman–Crippen LogP) is 1.72. The lowest BCUT2D eigenvalue weighted by Gasteiger charge is -2.13. The van der Waals surface area contributed by atoms with Crippen LogP contribution in [-0.4, -0.2) is 21.4 Å². The lowest BCUT2D eigenvalue weighted by Crippen LogP contribution is -2.20. The minimum absolute atomic E-state index is 0.125. The van der Waals surface area contributed by atoms with Gasteiger partial charge in [0.25, 0.3) is 0 Å². The first-order valence-electron chi connectivity index (χ1n) is 3.34. The van der Waals surface area contributed by atoms with Gasteiger partial charge in [0.15, 0.2) is 0 Å². The van der Waals surface area contributed by atoms with E-state index in [0.717, 1.165) is 0 Å². The number of nitrogens with zero attached hydrogens (tertiary/aromatic N) is 1. The monoisotopic (exact) mass is 219 g/mol. The van der Waals surface area contributed by atoms with Crippen LogP contribution in [0, 0.1) is 0 Å². The zero-order chi connectivity index (χ0) is 9.19. The Morgan fingerprint density at radius 2 is 2.08 bits per heavy atom. The molecule has 1 aliphatic rings. The average molecular weight is 219 g/mol. The SMILES string of the molecule is O=S1OCCCCN1P(=O)(F)F. The Kier molecular flexibility index (Phi) is 3.34. The second-order valence-electron chi connectivity index (χ2n) is 2.26. The molecule has 0 N–H and O–H groups in total. The molecule has 0 aromatic heterocycles. The van der Waals surface area contributed by atoms with Crippen molar-refractivity contribution in [2.75, 3.05) is 13.2 Å². The molecule has 1 fully saturated rings. The molecule has 1 atom stereocenters. The number of hydrogen-bond acceptors (Lipinski definition) is 3. The van der Waals surface area contributed by atoms with Crippen molar-refractivity contribution in [3.05, 3.63) is 0 Å². The zero-order valence-electron chi connectivity index (χ0n) is 6.11. The molecule has 0 aliphatic carbocycles. The van der Waals surface area contributed by atoms with Gasteiger partial charge in [-0.15, -0.1) is 8.39 Å². The number of hydrogen-bond donors (Lipinski definition) is 0. The smallest absolute Gasteiger partial charge is 0.278 e. The maximum absolute atomic E-state index is 12.2. The van der Waals surface area contributed by atoms with Crippen molar-refractivity contribution in [3.63, 3.8) is 0 Å². The Hall–Kier alpha value is 0.160. The van der Waals surface area contributed by atoms with E-state index < -0.39 is 19.2 Å². The molecule has 1 heterocycles. The van der Waals surface area contributed by atoms with Crippen LogP contribution < -0.4 is 0 Å². The fourth-order valence-corrected chi connectivity index (χ4v) is 2.61. The number of halogens is 2. The van der Waals surface area contributed by atoms with Gasteiger partial charge < -0.3 is 0 Å². The first-order valence-corrected chi connectivity index (χ1v) is 5.81. The van der Waals surface area contributed by atoms with Gasteiger partial charge in [0, 0.05) is 6.54 Å². The van der Waals surface area contributed by atoms with Gasteiger partial charge in [-0.3, -0.25) is 4.18 Å². The Morgan fingerprint density at radius 3 is 2.67 bits per heavy atom. The molecule has 0 aromatic carbocycles.